The molecule has 2 aromatic rings. The van der Waals surface area contributed by atoms with Gasteiger partial charge in [-0.25, -0.2) is 15.0 Å². The molecule has 1 aliphatic rings. The van der Waals surface area contributed by atoms with Crippen molar-refractivity contribution in [2.45, 2.75) is 12.8 Å². The molecule has 7 heteroatoms. The molecule has 1 atom stereocenters. The Balaban J connectivity index is 1.70. The van der Waals surface area contributed by atoms with Gasteiger partial charge in [-0.05, 0) is 18.8 Å². The molecule has 1 aliphatic heterocycles. The Morgan fingerprint density at radius 1 is 1.29 bits per heavy atom. The van der Waals surface area contributed by atoms with Crippen molar-refractivity contribution in [3.8, 4) is 11.6 Å². The molecule has 1 fully saturated rings. The number of nitrogens with zero attached hydrogens (tertiary/aromatic N) is 3. The fraction of sp³-hybridized carbons (Fsp3) is 0.429. The number of carbonyl (C=O) groups excluding carboxylic acids is 1. The van der Waals surface area contributed by atoms with Crippen molar-refractivity contribution >= 4 is 5.91 Å². The van der Waals surface area contributed by atoms with Crippen molar-refractivity contribution in [1.29, 1.82) is 0 Å². The van der Waals surface area contributed by atoms with Gasteiger partial charge in [0, 0.05) is 25.5 Å². The van der Waals surface area contributed by atoms with Crippen molar-refractivity contribution in [3.05, 3.63) is 30.5 Å². The lowest BCUT2D eigenvalue weighted by atomic mass is 10.0. The van der Waals surface area contributed by atoms with Crippen LogP contribution in [0.2, 0.25) is 0 Å². The zero-order valence-corrected chi connectivity index (χ0v) is 11.5. The number of nitrogens with one attached hydrogen (secondary N) is 1. The Bertz CT molecular complexity index is 594. The fourth-order valence-corrected chi connectivity index (χ4v) is 2.29. The minimum atomic E-state index is -0.276. The first-order valence-electron chi connectivity index (χ1n) is 6.91. The highest BCUT2D eigenvalue weighted by atomic mass is 16.5. The molecule has 1 saturated heterocycles. The minimum Gasteiger partial charge on any atom is -0.443 e. The number of ether oxygens (including phenoxy) is 1. The van der Waals surface area contributed by atoms with E-state index < -0.39 is 0 Å². The first-order valence-corrected chi connectivity index (χ1v) is 6.91. The highest BCUT2D eigenvalue weighted by Gasteiger charge is 2.20. The third-order valence-corrected chi connectivity index (χ3v) is 3.35. The summed E-state index contributed by atoms with van der Waals surface area (Å²) in [6.07, 6.45) is 8.02. The van der Waals surface area contributed by atoms with Crippen LogP contribution < -0.4 is 5.32 Å². The normalized spacial score (nSPS) is 18.4. The van der Waals surface area contributed by atoms with Crippen LogP contribution in [0.3, 0.4) is 0 Å². The molecule has 0 radical (unpaired) electrons. The molecule has 0 spiro atoms. The highest BCUT2D eigenvalue weighted by Crippen LogP contribution is 2.17. The summed E-state index contributed by atoms with van der Waals surface area (Å²) < 4.78 is 10.6. The van der Waals surface area contributed by atoms with Gasteiger partial charge >= 0.3 is 0 Å². The lowest BCUT2D eigenvalue weighted by molar-refractivity contribution is 0.0535. The van der Waals surface area contributed by atoms with E-state index in [2.05, 4.69) is 20.3 Å². The van der Waals surface area contributed by atoms with E-state index in [9.17, 15) is 4.79 Å². The number of rotatable bonds is 4. The van der Waals surface area contributed by atoms with E-state index in [1.807, 2.05) is 0 Å². The van der Waals surface area contributed by atoms with Crippen molar-refractivity contribution in [1.82, 2.24) is 20.3 Å². The van der Waals surface area contributed by atoms with Crippen LogP contribution in [0, 0.1) is 5.92 Å². The predicted octanol–water partition coefficient (Wildman–Crippen LogP) is 1.29. The summed E-state index contributed by atoms with van der Waals surface area (Å²) in [5.74, 6) is 0.362. The summed E-state index contributed by atoms with van der Waals surface area (Å²) >= 11 is 0. The van der Waals surface area contributed by atoms with Gasteiger partial charge < -0.3 is 14.5 Å². The molecule has 21 heavy (non-hydrogen) atoms. The van der Waals surface area contributed by atoms with Crippen LogP contribution in [-0.4, -0.2) is 40.6 Å². The van der Waals surface area contributed by atoms with Crippen LogP contribution in [0.25, 0.3) is 11.6 Å². The molecule has 0 aromatic carbocycles. The number of carbonyl (C=O) groups is 1. The number of amides is 1. The Labute approximate surface area is 121 Å². The minimum absolute atomic E-state index is 0.219. The molecular formula is C14H16N4O3. The Morgan fingerprint density at radius 3 is 2.95 bits per heavy atom. The van der Waals surface area contributed by atoms with E-state index in [0.29, 0.717) is 24.8 Å². The molecule has 3 heterocycles. The predicted molar refractivity (Wildman–Crippen MR) is 73.4 cm³/mol. The van der Waals surface area contributed by atoms with Gasteiger partial charge in [-0.15, -0.1) is 0 Å². The Morgan fingerprint density at radius 2 is 2.19 bits per heavy atom. The molecule has 0 bridgehead atoms. The van der Waals surface area contributed by atoms with Gasteiger partial charge in [0.15, 0.2) is 11.4 Å². The average Bonchev–Trinajstić information content (AvgIpc) is 3.08. The number of hydrogen-bond acceptors (Lipinski definition) is 6. The molecule has 0 saturated carbocycles. The zero-order chi connectivity index (χ0) is 14.5. The number of aromatic nitrogens is 3. The summed E-state index contributed by atoms with van der Waals surface area (Å²) in [4.78, 5) is 24.5. The highest BCUT2D eigenvalue weighted by molar-refractivity contribution is 5.96. The van der Waals surface area contributed by atoms with Crippen molar-refractivity contribution in [2.75, 3.05) is 19.8 Å². The lowest BCUT2D eigenvalue weighted by Gasteiger charge is -2.22. The largest absolute Gasteiger partial charge is 0.443 e. The van der Waals surface area contributed by atoms with Crippen LogP contribution in [0.15, 0.2) is 29.3 Å². The van der Waals surface area contributed by atoms with Gasteiger partial charge in [0.1, 0.15) is 6.26 Å². The molecule has 0 aliphatic carbocycles. The first kappa shape index (κ1) is 13.7. The molecular weight excluding hydrogens is 272 g/mol. The van der Waals surface area contributed by atoms with Crippen molar-refractivity contribution in [3.63, 3.8) is 0 Å². The van der Waals surface area contributed by atoms with Gasteiger partial charge in [0.05, 0.1) is 12.8 Å². The number of oxazole rings is 1. The molecule has 2 aromatic heterocycles. The third kappa shape index (κ3) is 3.25. The monoisotopic (exact) mass is 288 g/mol. The fourth-order valence-electron chi connectivity index (χ4n) is 2.29. The van der Waals surface area contributed by atoms with E-state index in [4.69, 9.17) is 9.15 Å². The van der Waals surface area contributed by atoms with E-state index >= 15 is 0 Å². The van der Waals surface area contributed by atoms with Gasteiger partial charge in [0.25, 0.3) is 5.91 Å². The van der Waals surface area contributed by atoms with Gasteiger partial charge in [0.2, 0.25) is 5.89 Å². The summed E-state index contributed by atoms with van der Waals surface area (Å²) in [7, 11) is 0. The lowest BCUT2D eigenvalue weighted by Crippen LogP contribution is -2.34. The molecule has 1 amide bonds. The topological polar surface area (TPSA) is 90.1 Å². The van der Waals surface area contributed by atoms with E-state index in [-0.39, 0.29) is 17.5 Å². The standard InChI is InChI=1S/C14H16N4O3/c19-13(18-8-10-2-1-6-20-9-10)11-12(16-4-3-15-11)14-17-5-7-21-14/h3-5,7,10H,1-2,6,8-9H2,(H,18,19). The SMILES string of the molecule is O=C(NCC1CCCOC1)c1nccnc1-c1ncco1. The third-order valence-electron chi connectivity index (χ3n) is 3.35. The van der Waals surface area contributed by atoms with Gasteiger partial charge in [-0.3, -0.25) is 4.79 Å². The van der Waals surface area contributed by atoms with Crippen molar-refractivity contribution < 1.29 is 13.9 Å². The number of hydrogen-bond donors (Lipinski definition) is 1. The Hall–Kier alpha value is -2.28. The van der Waals surface area contributed by atoms with Crippen LogP contribution in [0.5, 0.6) is 0 Å². The van der Waals surface area contributed by atoms with Crippen LogP contribution >= 0.6 is 0 Å². The van der Waals surface area contributed by atoms with Crippen LogP contribution in [-0.2, 0) is 4.74 Å². The summed E-state index contributed by atoms with van der Waals surface area (Å²) in [6.45, 7) is 2.07. The second-order valence-corrected chi connectivity index (χ2v) is 4.88. The smallest absolute Gasteiger partial charge is 0.272 e. The molecule has 7 nitrogen and oxygen atoms in total. The Kier molecular flexibility index (Phi) is 4.20. The van der Waals surface area contributed by atoms with Crippen LogP contribution in [0.1, 0.15) is 23.3 Å². The summed E-state index contributed by atoms with van der Waals surface area (Å²) in [6, 6.07) is 0. The summed E-state index contributed by atoms with van der Waals surface area (Å²) in [5, 5.41) is 2.88. The maximum atomic E-state index is 12.3. The zero-order valence-electron chi connectivity index (χ0n) is 11.5. The molecule has 1 N–H and O–H groups in total. The maximum Gasteiger partial charge on any atom is 0.272 e. The van der Waals surface area contributed by atoms with E-state index in [1.165, 1.54) is 24.9 Å². The maximum absolute atomic E-state index is 12.3. The quantitative estimate of drug-likeness (QED) is 0.911. The summed E-state index contributed by atoms with van der Waals surface area (Å²) in [5.41, 5.74) is 0.566. The first-order chi connectivity index (χ1) is 10.3. The average molecular weight is 288 g/mol. The molecule has 3 rings (SSSR count). The van der Waals surface area contributed by atoms with E-state index in [0.717, 1.165) is 19.4 Å². The van der Waals surface area contributed by atoms with Crippen molar-refractivity contribution in [2.24, 2.45) is 5.92 Å². The van der Waals surface area contributed by atoms with Crippen LogP contribution in [0.4, 0.5) is 0 Å². The second kappa shape index (κ2) is 6.45. The second-order valence-electron chi connectivity index (χ2n) is 4.88. The van der Waals surface area contributed by atoms with Gasteiger partial charge in [-0.2, -0.15) is 0 Å². The molecule has 1 unspecified atom stereocenters. The van der Waals surface area contributed by atoms with E-state index in [1.54, 1.807) is 0 Å². The van der Waals surface area contributed by atoms with Gasteiger partial charge in [-0.1, -0.05) is 0 Å². The molecule has 110 valence electrons.